The zero-order valence-corrected chi connectivity index (χ0v) is 11.1. The van der Waals surface area contributed by atoms with Crippen LogP contribution in [0.25, 0.3) is 0 Å². The van der Waals surface area contributed by atoms with Gasteiger partial charge in [-0.15, -0.1) is 0 Å². The minimum atomic E-state index is 0.288. The van der Waals surface area contributed by atoms with Gasteiger partial charge in [0.2, 0.25) is 5.91 Å². The van der Waals surface area contributed by atoms with Crippen LogP contribution in [-0.2, 0) is 4.79 Å². The predicted molar refractivity (Wildman–Crippen MR) is 68.5 cm³/mol. The second-order valence-corrected chi connectivity index (χ2v) is 6.11. The fourth-order valence-electron chi connectivity index (χ4n) is 2.96. The van der Waals surface area contributed by atoms with Gasteiger partial charge in [0, 0.05) is 11.3 Å². The number of thioether (sulfide) groups is 1. The van der Waals surface area contributed by atoms with Gasteiger partial charge in [0.05, 0.1) is 12.7 Å². The van der Waals surface area contributed by atoms with Crippen molar-refractivity contribution in [1.29, 1.82) is 0 Å². The van der Waals surface area contributed by atoms with Gasteiger partial charge in [-0.2, -0.15) is 11.8 Å². The molecule has 16 heavy (non-hydrogen) atoms. The molecule has 1 N–H and O–H groups in total. The first kappa shape index (κ1) is 12.2. The van der Waals surface area contributed by atoms with Crippen molar-refractivity contribution in [2.24, 2.45) is 0 Å². The first-order chi connectivity index (χ1) is 7.77. The molecule has 1 amide bonds. The van der Waals surface area contributed by atoms with E-state index in [9.17, 15) is 4.79 Å². The van der Waals surface area contributed by atoms with Gasteiger partial charge in [-0.05, 0) is 25.0 Å². The Bertz CT molecular complexity index is 259. The Balaban J connectivity index is 2.06. The molecule has 0 aromatic carbocycles. The second-order valence-electron chi connectivity index (χ2n) is 4.60. The summed E-state index contributed by atoms with van der Waals surface area (Å²) in [6.45, 7) is 4.90. The highest BCUT2D eigenvalue weighted by atomic mass is 32.2. The van der Waals surface area contributed by atoms with E-state index < -0.39 is 0 Å². The SMILES string of the molecule is CCSC1CCCC1N1C(=O)CNC1CC. The topological polar surface area (TPSA) is 32.3 Å². The van der Waals surface area contributed by atoms with Crippen LogP contribution < -0.4 is 5.32 Å². The molecule has 1 heterocycles. The summed E-state index contributed by atoms with van der Waals surface area (Å²) in [4.78, 5) is 14.1. The largest absolute Gasteiger partial charge is 0.322 e. The fourth-order valence-corrected chi connectivity index (χ4v) is 4.21. The first-order valence-corrected chi connectivity index (χ1v) is 7.49. The van der Waals surface area contributed by atoms with Crippen molar-refractivity contribution >= 4 is 17.7 Å². The third-order valence-corrected chi connectivity index (χ3v) is 4.97. The zero-order chi connectivity index (χ0) is 11.5. The molecular formula is C12H22N2OS. The molecule has 3 atom stereocenters. The summed E-state index contributed by atoms with van der Waals surface area (Å²) in [6.07, 6.45) is 5.06. The Hall–Kier alpha value is -0.220. The Morgan fingerprint density at radius 1 is 1.44 bits per heavy atom. The highest BCUT2D eigenvalue weighted by molar-refractivity contribution is 7.99. The number of carbonyl (C=O) groups is 1. The Labute approximate surface area is 102 Å². The highest BCUT2D eigenvalue weighted by Gasteiger charge is 2.40. The minimum Gasteiger partial charge on any atom is -0.322 e. The maximum absolute atomic E-state index is 11.9. The molecule has 0 aromatic rings. The maximum atomic E-state index is 11.9. The summed E-state index contributed by atoms with van der Waals surface area (Å²) in [5.74, 6) is 1.47. The van der Waals surface area contributed by atoms with Gasteiger partial charge in [-0.1, -0.05) is 20.3 Å². The molecule has 2 aliphatic rings. The molecule has 4 heteroatoms. The molecule has 1 saturated carbocycles. The lowest BCUT2D eigenvalue weighted by molar-refractivity contribution is -0.130. The van der Waals surface area contributed by atoms with Crippen molar-refractivity contribution in [1.82, 2.24) is 10.2 Å². The van der Waals surface area contributed by atoms with Crippen molar-refractivity contribution in [3.63, 3.8) is 0 Å². The minimum absolute atomic E-state index is 0.288. The lowest BCUT2D eigenvalue weighted by Gasteiger charge is -2.33. The van der Waals surface area contributed by atoms with E-state index >= 15 is 0 Å². The van der Waals surface area contributed by atoms with E-state index in [1.54, 1.807) is 0 Å². The van der Waals surface area contributed by atoms with Gasteiger partial charge in [0.15, 0.2) is 0 Å². The molecule has 0 radical (unpaired) electrons. The van der Waals surface area contributed by atoms with Crippen molar-refractivity contribution in [2.75, 3.05) is 12.3 Å². The normalized spacial score (nSPS) is 35.0. The van der Waals surface area contributed by atoms with Crippen LogP contribution in [0.2, 0.25) is 0 Å². The third kappa shape index (κ3) is 2.23. The Morgan fingerprint density at radius 2 is 2.25 bits per heavy atom. The quantitative estimate of drug-likeness (QED) is 0.816. The molecule has 2 fully saturated rings. The van der Waals surface area contributed by atoms with Crippen LogP contribution in [0.3, 0.4) is 0 Å². The van der Waals surface area contributed by atoms with Gasteiger partial charge >= 0.3 is 0 Å². The van der Waals surface area contributed by atoms with E-state index in [2.05, 4.69) is 24.1 Å². The number of carbonyl (C=O) groups excluding carboxylic acids is 1. The molecule has 0 bridgehead atoms. The van der Waals surface area contributed by atoms with Crippen molar-refractivity contribution in [3.05, 3.63) is 0 Å². The van der Waals surface area contributed by atoms with Gasteiger partial charge in [-0.25, -0.2) is 0 Å². The molecule has 2 rings (SSSR count). The highest BCUT2D eigenvalue weighted by Crippen LogP contribution is 2.35. The average molecular weight is 242 g/mol. The first-order valence-electron chi connectivity index (χ1n) is 6.44. The number of nitrogens with one attached hydrogen (secondary N) is 1. The second kappa shape index (κ2) is 5.41. The summed E-state index contributed by atoms with van der Waals surface area (Å²) in [6, 6.07) is 0.484. The molecule has 1 saturated heterocycles. The predicted octanol–water partition coefficient (Wildman–Crippen LogP) is 1.83. The maximum Gasteiger partial charge on any atom is 0.238 e. The molecule has 1 aliphatic carbocycles. The van der Waals surface area contributed by atoms with Gasteiger partial charge in [-0.3, -0.25) is 10.1 Å². The number of hydrogen-bond donors (Lipinski definition) is 1. The number of hydrogen-bond acceptors (Lipinski definition) is 3. The van der Waals surface area contributed by atoms with Crippen molar-refractivity contribution in [3.8, 4) is 0 Å². The molecule has 1 aliphatic heterocycles. The van der Waals surface area contributed by atoms with Crippen LogP contribution in [0.15, 0.2) is 0 Å². The summed E-state index contributed by atoms with van der Waals surface area (Å²) in [5.41, 5.74) is 0. The van der Waals surface area contributed by atoms with E-state index in [0.717, 1.165) is 12.2 Å². The Morgan fingerprint density at radius 3 is 2.94 bits per heavy atom. The van der Waals surface area contributed by atoms with Gasteiger partial charge < -0.3 is 4.90 Å². The van der Waals surface area contributed by atoms with Crippen molar-refractivity contribution in [2.45, 2.75) is 57.0 Å². The standard InChI is InChI=1S/C12H22N2OS/c1-3-11-13-8-12(15)14(11)9-6-5-7-10(9)16-4-2/h9-11,13H,3-8H2,1-2H3. The number of rotatable bonds is 4. The molecule has 92 valence electrons. The van der Waals surface area contributed by atoms with Crippen LogP contribution in [0.5, 0.6) is 0 Å². The Kier molecular flexibility index (Phi) is 4.14. The van der Waals surface area contributed by atoms with Crippen LogP contribution >= 0.6 is 11.8 Å². The smallest absolute Gasteiger partial charge is 0.238 e. The number of amides is 1. The lowest BCUT2D eigenvalue weighted by Crippen LogP contribution is -2.47. The van der Waals surface area contributed by atoms with E-state index in [1.807, 2.05) is 11.8 Å². The van der Waals surface area contributed by atoms with Crippen LogP contribution in [0.1, 0.15) is 39.5 Å². The van der Waals surface area contributed by atoms with E-state index in [-0.39, 0.29) is 6.17 Å². The van der Waals surface area contributed by atoms with Gasteiger partial charge in [0.25, 0.3) is 0 Å². The molecular weight excluding hydrogens is 220 g/mol. The summed E-state index contributed by atoms with van der Waals surface area (Å²) >= 11 is 2.03. The van der Waals surface area contributed by atoms with E-state index in [1.165, 1.54) is 19.3 Å². The average Bonchev–Trinajstić information content (AvgIpc) is 2.85. The zero-order valence-electron chi connectivity index (χ0n) is 10.2. The fraction of sp³-hybridized carbons (Fsp3) is 0.917. The van der Waals surface area contributed by atoms with Gasteiger partial charge in [0.1, 0.15) is 0 Å². The molecule has 3 unspecified atom stereocenters. The monoisotopic (exact) mass is 242 g/mol. The van der Waals surface area contributed by atoms with E-state index in [0.29, 0.717) is 23.7 Å². The lowest BCUT2D eigenvalue weighted by atomic mass is 10.2. The van der Waals surface area contributed by atoms with Crippen LogP contribution in [0.4, 0.5) is 0 Å². The third-order valence-electron chi connectivity index (χ3n) is 3.66. The van der Waals surface area contributed by atoms with Crippen LogP contribution in [0, 0.1) is 0 Å². The summed E-state index contributed by atoms with van der Waals surface area (Å²) in [7, 11) is 0. The number of nitrogens with zero attached hydrogens (tertiary/aromatic N) is 1. The summed E-state index contributed by atoms with van der Waals surface area (Å²) in [5, 5.41) is 3.98. The molecule has 0 aromatic heterocycles. The molecule has 0 spiro atoms. The van der Waals surface area contributed by atoms with Crippen molar-refractivity contribution < 1.29 is 4.79 Å². The van der Waals surface area contributed by atoms with E-state index in [4.69, 9.17) is 0 Å². The summed E-state index contributed by atoms with van der Waals surface area (Å²) < 4.78 is 0. The van der Waals surface area contributed by atoms with Crippen LogP contribution in [-0.4, -0.2) is 40.6 Å². The molecule has 3 nitrogen and oxygen atoms in total.